The highest BCUT2D eigenvalue weighted by Crippen LogP contribution is 2.39. The average molecular weight is 235 g/mol. The number of halogens is 2. The molecule has 2 heterocycles. The summed E-state index contributed by atoms with van der Waals surface area (Å²) in [6.45, 7) is 0.403. The second-order valence-electron chi connectivity index (χ2n) is 3.61. The summed E-state index contributed by atoms with van der Waals surface area (Å²) in [5.41, 5.74) is -0.337. The Morgan fingerprint density at radius 3 is 2.93 bits per heavy atom. The number of aryl methyl sites for hydroxylation is 1. The van der Waals surface area contributed by atoms with Gasteiger partial charge in [0.15, 0.2) is 0 Å². The van der Waals surface area contributed by atoms with E-state index in [-0.39, 0.29) is 17.0 Å². The maximum absolute atomic E-state index is 13.6. The van der Waals surface area contributed by atoms with E-state index in [1.165, 1.54) is 0 Å². The summed E-state index contributed by atoms with van der Waals surface area (Å²) in [6.07, 6.45) is 1.22. The molecule has 0 radical (unpaired) electrons. The zero-order valence-electron chi connectivity index (χ0n) is 7.95. The first-order chi connectivity index (χ1) is 6.82. The number of rotatable bonds is 1. The fourth-order valence-electron chi connectivity index (χ4n) is 1.73. The predicted molar refractivity (Wildman–Crippen MR) is 53.1 cm³/mol. The molecule has 4 nitrogen and oxygen atoms in total. The lowest BCUT2D eigenvalue weighted by molar-refractivity contribution is -0.0392. The van der Waals surface area contributed by atoms with Crippen LogP contribution in [0.5, 0.6) is 0 Å². The first-order valence-electron chi connectivity index (χ1n) is 4.41. The Kier molecular flexibility index (Phi) is 2.13. The van der Waals surface area contributed by atoms with Crippen molar-refractivity contribution in [1.82, 2.24) is 9.78 Å². The van der Waals surface area contributed by atoms with Crippen LogP contribution in [0, 0.1) is 0 Å². The molecule has 0 spiro atoms. The molecule has 1 aromatic rings. The Morgan fingerprint density at radius 1 is 1.67 bits per heavy atom. The van der Waals surface area contributed by atoms with Crippen molar-refractivity contribution in [2.45, 2.75) is 30.2 Å². The van der Waals surface area contributed by atoms with Crippen LogP contribution < -0.4 is 5.14 Å². The van der Waals surface area contributed by atoms with Gasteiger partial charge in [-0.1, -0.05) is 0 Å². The molecule has 0 aromatic carbocycles. The summed E-state index contributed by atoms with van der Waals surface area (Å²) in [5, 5.41) is 9.03. The van der Waals surface area contributed by atoms with E-state index in [9.17, 15) is 13.0 Å². The maximum atomic E-state index is 13.6. The lowest BCUT2D eigenvalue weighted by atomic mass is 10.1. The summed E-state index contributed by atoms with van der Waals surface area (Å²) >= 11 is 0. The molecule has 7 heteroatoms. The largest absolute Gasteiger partial charge is 0.290 e. The molecule has 84 valence electrons. The Balaban J connectivity index is 2.68. The number of hydrogen-bond acceptors (Lipinski definition) is 2. The third-order valence-electron chi connectivity index (χ3n) is 2.39. The molecule has 0 amide bonds. The Bertz CT molecular complexity index is 492. The molecule has 0 saturated heterocycles. The van der Waals surface area contributed by atoms with E-state index in [1.807, 2.05) is 0 Å². The fraction of sp³-hybridized carbons (Fsp3) is 0.500. The Hall–Kier alpha value is -0.950. The summed E-state index contributed by atoms with van der Waals surface area (Å²) in [4.78, 5) is -0.132. The molecule has 0 bridgehead atoms. The third kappa shape index (κ3) is 1.65. The van der Waals surface area contributed by atoms with Gasteiger partial charge < -0.3 is 0 Å². The van der Waals surface area contributed by atoms with Crippen LogP contribution in [0.25, 0.3) is 0 Å². The molecule has 1 aliphatic rings. The van der Waals surface area contributed by atoms with E-state index in [0.717, 1.165) is 10.9 Å². The zero-order valence-corrected chi connectivity index (χ0v) is 8.77. The van der Waals surface area contributed by atoms with Gasteiger partial charge in [0, 0.05) is 13.0 Å². The topological polar surface area (TPSA) is 60.9 Å². The minimum absolute atomic E-state index is 0.132. The van der Waals surface area contributed by atoms with E-state index >= 15 is 0 Å². The van der Waals surface area contributed by atoms with E-state index in [0.29, 0.717) is 13.0 Å². The van der Waals surface area contributed by atoms with E-state index in [2.05, 4.69) is 11.0 Å². The van der Waals surface area contributed by atoms with Crippen molar-refractivity contribution >= 4 is 15.6 Å². The lowest BCUT2D eigenvalue weighted by Crippen LogP contribution is -2.28. The van der Waals surface area contributed by atoms with Gasteiger partial charge >= 0.3 is 0 Å². The van der Waals surface area contributed by atoms with Gasteiger partial charge in [0.1, 0.15) is 5.69 Å². The Labute approximate surface area is 86.2 Å². The monoisotopic (exact) mass is 235 g/mol. The molecule has 1 aromatic heterocycles. The second kappa shape index (κ2) is 3.02. The molecular formula is C8H11F2N3OS. The van der Waals surface area contributed by atoms with E-state index in [4.69, 9.17) is 5.14 Å². The molecule has 2 N–H and O–H groups in total. The summed E-state index contributed by atoms with van der Waals surface area (Å²) in [5.74, 6) is 0.195. The van der Waals surface area contributed by atoms with Gasteiger partial charge in [0.2, 0.25) is 0 Å². The van der Waals surface area contributed by atoms with Crippen LogP contribution in [0.3, 0.4) is 0 Å². The summed E-state index contributed by atoms with van der Waals surface area (Å²) in [7, 11) is -3.14. The number of nitrogens with two attached hydrogens (primary N) is 1. The first kappa shape index (κ1) is 10.6. The second-order valence-corrected chi connectivity index (χ2v) is 5.51. The zero-order chi connectivity index (χ0) is 11.3. The van der Waals surface area contributed by atoms with Crippen LogP contribution in [-0.2, 0) is 22.2 Å². The first-order valence-corrected chi connectivity index (χ1v) is 6.20. The van der Waals surface area contributed by atoms with Crippen LogP contribution in [0.4, 0.5) is 8.78 Å². The highest BCUT2D eigenvalue weighted by atomic mass is 32.2. The van der Waals surface area contributed by atoms with Crippen LogP contribution in [0.2, 0.25) is 0 Å². The smallest absolute Gasteiger partial charge is 0.262 e. The van der Waals surface area contributed by atoms with Gasteiger partial charge in [-0.3, -0.25) is 9.82 Å². The van der Waals surface area contributed by atoms with Crippen molar-refractivity contribution in [2.75, 3.05) is 0 Å². The normalized spacial score (nSPS) is 23.1. The Morgan fingerprint density at radius 2 is 2.33 bits per heavy atom. The van der Waals surface area contributed by atoms with Crippen molar-refractivity contribution in [1.29, 1.82) is 0 Å². The molecule has 2 rings (SSSR count). The molecule has 0 aliphatic carbocycles. The van der Waals surface area contributed by atoms with Gasteiger partial charge in [-0.25, -0.2) is 4.21 Å². The average Bonchev–Trinajstić information content (AvgIpc) is 2.46. The van der Waals surface area contributed by atoms with Crippen molar-refractivity contribution < 1.29 is 13.0 Å². The molecule has 0 fully saturated rings. The summed E-state index contributed by atoms with van der Waals surface area (Å²) in [6, 6.07) is 0. The minimum Gasteiger partial charge on any atom is -0.262 e. The van der Waals surface area contributed by atoms with Crippen molar-refractivity contribution in [2.24, 2.45) is 5.14 Å². The highest BCUT2D eigenvalue weighted by molar-refractivity contribution is 7.98. The van der Waals surface area contributed by atoms with Crippen molar-refractivity contribution in [3.8, 4) is 0 Å². The number of alkyl halides is 2. The van der Waals surface area contributed by atoms with Crippen LogP contribution >= 0.6 is 0 Å². The number of aromatic nitrogens is 2. The van der Waals surface area contributed by atoms with E-state index < -0.39 is 15.6 Å². The maximum Gasteiger partial charge on any atom is 0.290 e. The molecule has 15 heavy (non-hydrogen) atoms. The number of fused-ring (bicyclic) bond motifs is 1. The van der Waals surface area contributed by atoms with Crippen molar-refractivity contribution in [3.05, 3.63) is 11.9 Å². The lowest BCUT2D eigenvalue weighted by Gasteiger charge is -2.24. The van der Waals surface area contributed by atoms with Gasteiger partial charge in [-0.05, 0) is 12.3 Å². The van der Waals surface area contributed by atoms with Gasteiger partial charge in [-0.15, -0.1) is 0 Å². The van der Waals surface area contributed by atoms with Gasteiger partial charge in [0.05, 0.1) is 20.8 Å². The highest BCUT2D eigenvalue weighted by Gasteiger charge is 2.41. The predicted octanol–water partition coefficient (Wildman–Crippen LogP) is 0.718. The standard InChI is InChI=1S/C8H11F2N3OS/c1-15(11,14)6-5-12-13-4-2-3-8(9,10)7(6)13/h5H,1-4H2,(H2,11,14). The number of nitrogens with zero attached hydrogens (tertiary/aromatic N) is 2. The SMILES string of the molecule is C=S(N)(=O)c1cnn2c1C(F)(F)CCC2. The molecule has 1 atom stereocenters. The summed E-state index contributed by atoms with van der Waals surface area (Å²) < 4.78 is 39.8. The molecule has 0 saturated carbocycles. The fourth-order valence-corrected chi connectivity index (χ4v) is 2.54. The van der Waals surface area contributed by atoms with Gasteiger partial charge in [-0.2, -0.15) is 13.9 Å². The van der Waals surface area contributed by atoms with E-state index in [1.54, 1.807) is 0 Å². The molecule has 1 unspecified atom stereocenters. The van der Waals surface area contributed by atoms with Crippen LogP contribution in [-0.4, -0.2) is 19.9 Å². The molecule has 1 aliphatic heterocycles. The number of hydrogen-bond donors (Lipinski definition) is 1. The quantitative estimate of drug-likeness (QED) is 0.729. The van der Waals surface area contributed by atoms with Crippen molar-refractivity contribution in [3.63, 3.8) is 0 Å². The van der Waals surface area contributed by atoms with Crippen LogP contribution in [0.1, 0.15) is 18.5 Å². The third-order valence-corrected chi connectivity index (χ3v) is 3.43. The minimum atomic E-state index is -3.14. The van der Waals surface area contributed by atoms with Crippen LogP contribution in [0.15, 0.2) is 11.1 Å². The van der Waals surface area contributed by atoms with Gasteiger partial charge in [0.25, 0.3) is 5.92 Å². The molecular weight excluding hydrogens is 224 g/mol.